The van der Waals surface area contributed by atoms with Crippen molar-refractivity contribution in [3.8, 4) is 0 Å². The van der Waals surface area contributed by atoms with Gasteiger partial charge < -0.3 is 15.7 Å². The van der Waals surface area contributed by atoms with Crippen LogP contribution >= 0.6 is 0 Å². The average Bonchev–Trinajstić information content (AvgIpc) is 3.33. The maximum Gasteiger partial charge on any atom is 0.456 e. The first-order valence-corrected chi connectivity index (χ1v) is 16.2. The summed E-state index contributed by atoms with van der Waals surface area (Å²) in [4.78, 5) is 24.4. The van der Waals surface area contributed by atoms with Crippen LogP contribution in [0, 0.1) is 17.3 Å². The largest absolute Gasteiger partial charge is 0.456 e. The number of urea groups is 1. The van der Waals surface area contributed by atoms with E-state index in [0.29, 0.717) is 32.2 Å². The first-order valence-electron chi connectivity index (χ1n) is 16.2. The van der Waals surface area contributed by atoms with E-state index in [-0.39, 0.29) is 37.1 Å². The first-order chi connectivity index (χ1) is 22.2. The molecule has 0 aromatic heterocycles. The van der Waals surface area contributed by atoms with Crippen LogP contribution in [0.4, 0.5) is 26.7 Å². The second-order valence-corrected chi connectivity index (χ2v) is 13.6. The monoisotopic (exact) mass is 654 g/mol. The Kier molecular flexibility index (Phi) is 8.70. The molecule has 2 aromatic rings. The van der Waals surface area contributed by atoms with Crippen LogP contribution in [0.3, 0.4) is 0 Å². The van der Waals surface area contributed by atoms with E-state index in [1.165, 1.54) is 6.92 Å². The van der Waals surface area contributed by atoms with Crippen LogP contribution < -0.4 is 10.6 Å². The second-order valence-electron chi connectivity index (χ2n) is 13.6. The van der Waals surface area contributed by atoms with Gasteiger partial charge >= 0.3 is 18.1 Å². The summed E-state index contributed by atoms with van der Waals surface area (Å²) < 4.78 is 71.8. The fourth-order valence-electron chi connectivity index (χ4n) is 8.74. The third-order valence-corrected chi connectivity index (χ3v) is 11.1. The normalized spacial score (nSPS) is 29.2. The molecule has 250 valence electrons. The Morgan fingerprint density at radius 3 is 2.40 bits per heavy atom. The standard InChI is InChI=1S/C37H39F5N2O3/c1-34-21-30(25-11-9-23(10-12-25)8-5-19-43-33(46)44-22-24-6-3-2-4-7-24)32-28-16-14-27(45)20-26(28)13-15-29(32)31(34)17-18-35(34,47)36(38,39)37(40,41)42/h2-12,20,29-31,47H,13-19,21-22H2,1H3,(H2,43,44,46)/t29-,30+,31-,34-,35-/m0/s1. The Morgan fingerprint density at radius 1 is 0.979 bits per heavy atom. The molecule has 10 heteroatoms. The van der Waals surface area contributed by atoms with Crippen LogP contribution in [0.15, 0.2) is 83.5 Å². The number of fused-ring (bicyclic) bond motifs is 4. The number of nitrogens with one attached hydrogen (secondary N) is 2. The van der Waals surface area contributed by atoms with Crippen LogP contribution in [-0.4, -0.2) is 41.2 Å². The van der Waals surface area contributed by atoms with Gasteiger partial charge in [0, 0.05) is 30.8 Å². The highest BCUT2D eigenvalue weighted by atomic mass is 19.4. The zero-order valence-corrected chi connectivity index (χ0v) is 26.2. The summed E-state index contributed by atoms with van der Waals surface area (Å²) in [7, 11) is 0. The summed E-state index contributed by atoms with van der Waals surface area (Å²) in [5.41, 5.74) is 0.653. The van der Waals surface area contributed by atoms with Crippen molar-refractivity contribution in [1.82, 2.24) is 10.6 Å². The van der Waals surface area contributed by atoms with Crippen molar-refractivity contribution in [2.45, 2.75) is 82.0 Å². The topological polar surface area (TPSA) is 78.4 Å². The zero-order chi connectivity index (χ0) is 33.6. The summed E-state index contributed by atoms with van der Waals surface area (Å²) in [5.74, 6) is -6.53. The summed E-state index contributed by atoms with van der Waals surface area (Å²) in [5, 5.41) is 17.0. The Bertz CT molecular complexity index is 1610. The van der Waals surface area contributed by atoms with Gasteiger partial charge in [-0.15, -0.1) is 0 Å². The molecule has 2 aromatic carbocycles. The second kappa shape index (κ2) is 12.3. The number of amides is 2. The van der Waals surface area contributed by atoms with Gasteiger partial charge in [-0.3, -0.25) is 4.79 Å². The number of rotatable bonds is 7. The third-order valence-electron chi connectivity index (χ3n) is 11.1. The van der Waals surface area contributed by atoms with Crippen LogP contribution in [0.1, 0.15) is 74.5 Å². The summed E-state index contributed by atoms with van der Waals surface area (Å²) in [6, 6.07) is 16.6. The Labute approximate surface area is 271 Å². The highest BCUT2D eigenvalue weighted by Gasteiger charge is 2.79. The smallest absolute Gasteiger partial charge is 0.383 e. The van der Waals surface area contributed by atoms with Gasteiger partial charge in [0.1, 0.15) is 5.60 Å². The number of carbonyl (C=O) groups is 2. The number of hydrogen-bond acceptors (Lipinski definition) is 3. The third kappa shape index (κ3) is 5.83. The average molecular weight is 655 g/mol. The predicted molar refractivity (Wildman–Crippen MR) is 168 cm³/mol. The molecule has 47 heavy (non-hydrogen) atoms. The molecular weight excluding hydrogens is 615 g/mol. The lowest BCUT2D eigenvalue weighted by Gasteiger charge is -2.56. The van der Waals surface area contributed by atoms with Gasteiger partial charge in [0.25, 0.3) is 0 Å². The fourth-order valence-corrected chi connectivity index (χ4v) is 8.74. The van der Waals surface area contributed by atoms with E-state index in [4.69, 9.17) is 0 Å². The molecule has 3 N–H and O–H groups in total. The van der Waals surface area contributed by atoms with Gasteiger partial charge in [0.05, 0.1) is 0 Å². The molecule has 0 bridgehead atoms. The van der Waals surface area contributed by atoms with E-state index < -0.39 is 41.4 Å². The van der Waals surface area contributed by atoms with E-state index >= 15 is 8.78 Å². The lowest BCUT2D eigenvalue weighted by atomic mass is 9.50. The molecular formula is C37H39F5N2O3. The van der Waals surface area contributed by atoms with E-state index in [2.05, 4.69) is 10.6 Å². The number of halogens is 5. The molecule has 0 saturated heterocycles. The molecule has 5 atom stereocenters. The molecule has 2 saturated carbocycles. The number of allylic oxidation sites excluding steroid dienone is 4. The number of benzene rings is 2. The highest BCUT2D eigenvalue weighted by molar-refractivity contribution is 5.93. The zero-order valence-electron chi connectivity index (χ0n) is 26.2. The van der Waals surface area contributed by atoms with E-state index in [9.17, 15) is 27.9 Å². The van der Waals surface area contributed by atoms with Gasteiger partial charge in [-0.05, 0) is 84.3 Å². The van der Waals surface area contributed by atoms with Crippen molar-refractivity contribution in [1.29, 1.82) is 0 Å². The van der Waals surface area contributed by atoms with E-state index in [0.717, 1.165) is 33.4 Å². The molecule has 2 amide bonds. The number of hydrogen-bond donors (Lipinski definition) is 3. The van der Waals surface area contributed by atoms with Crippen LogP contribution in [0.25, 0.3) is 6.08 Å². The molecule has 6 rings (SSSR count). The van der Waals surface area contributed by atoms with Crippen molar-refractivity contribution in [2.75, 3.05) is 6.54 Å². The highest BCUT2D eigenvalue weighted by Crippen LogP contribution is 2.70. The van der Waals surface area contributed by atoms with Gasteiger partial charge in [0.15, 0.2) is 5.78 Å². The quantitative estimate of drug-likeness (QED) is 0.265. The van der Waals surface area contributed by atoms with E-state index in [1.807, 2.05) is 60.7 Å². The summed E-state index contributed by atoms with van der Waals surface area (Å²) in [6.07, 6.45) is 0.742. The van der Waals surface area contributed by atoms with Crippen molar-refractivity contribution < 1.29 is 36.6 Å². The van der Waals surface area contributed by atoms with Crippen molar-refractivity contribution in [3.05, 3.63) is 100 Å². The van der Waals surface area contributed by atoms with Gasteiger partial charge in [-0.1, -0.05) is 79.2 Å². The molecule has 0 radical (unpaired) electrons. The van der Waals surface area contributed by atoms with Crippen molar-refractivity contribution >= 4 is 17.9 Å². The molecule has 0 aliphatic heterocycles. The Morgan fingerprint density at radius 2 is 1.70 bits per heavy atom. The van der Waals surface area contributed by atoms with Crippen molar-refractivity contribution in [3.63, 3.8) is 0 Å². The van der Waals surface area contributed by atoms with Crippen LogP contribution in [0.2, 0.25) is 0 Å². The molecule has 5 nitrogen and oxygen atoms in total. The van der Waals surface area contributed by atoms with Gasteiger partial charge in [-0.2, -0.15) is 22.0 Å². The number of carbonyl (C=O) groups excluding carboxylic acids is 2. The number of alkyl halides is 5. The minimum absolute atomic E-state index is 0.0411. The van der Waals surface area contributed by atoms with E-state index in [1.54, 1.807) is 12.2 Å². The maximum absolute atomic E-state index is 15.2. The molecule has 0 unspecified atom stereocenters. The van der Waals surface area contributed by atoms with Gasteiger partial charge in [-0.25, -0.2) is 4.79 Å². The van der Waals surface area contributed by atoms with Gasteiger partial charge in [0.2, 0.25) is 0 Å². The Hall–Kier alpha value is -3.79. The summed E-state index contributed by atoms with van der Waals surface area (Å²) in [6.45, 7) is 2.10. The SMILES string of the molecule is C[C@]12C[C@H](c3ccc(C=CCNC(=O)NCc4ccccc4)cc3)C3=C4CCC(=O)C=C4CC[C@H]3[C@@H]1CC[C@@]2(O)C(F)(F)C(F)(F)F. The predicted octanol–water partition coefficient (Wildman–Crippen LogP) is 8.03. The van der Waals surface area contributed by atoms with Crippen molar-refractivity contribution in [2.24, 2.45) is 17.3 Å². The fraction of sp³-hybridized carbons (Fsp3) is 0.459. The lowest BCUT2D eigenvalue weighted by Crippen LogP contribution is -2.65. The molecule has 2 fully saturated rings. The first kappa shape index (κ1) is 33.1. The molecule has 4 aliphatic rings. The summed E-state index contributed by atoms with van der Waals surface area (Å²) >= 11 is 0. The minimum atomic E-state index is -5.88. The Balaban J connectivity index is 1.25. The van der Waals surface area contributed by atoms with Crippen LogP contribution in [0.5, 0.6) is 0 Å². The van der Waals surface area contributed by atoms with Crippen LogP contribution in [-0.2, 0) is 11.3 Å². The molecule has 0 spiro atoms. The maximum atomic E-state index is 15.2. The number of aliphatic hydroxyl groups is 1. The number of ketones is 1. The lowest BCUT2D eigenvalue weighted by molar-refractivity contribution is -0.362. The molecule has 0 heterocycles. The molecule has 4 aliphatic carbocycles. The minimum Gasteiger partial charge on any atom is -0.383 e.